The SMILES string of the molecule is CC(C=O)c1ccc(O)c([N+](=O)[O-])c1. The zero-order valence-corrected chi connectivity index (χ0v) is 7.51. The zero-order chi connectivity index (χ0) is 10.7. The predicted octanol–water partition coefficient (Wildman–Crippen LogP) is 1.60. The number of phenolic OH excluding ortho intramolecular Hbond substituents is 1. The molecule has 0 aliphatic heterocycles. The Morgan fingerprint density at radius 2 is 2.21 bits per heavy atom. The standard InChI is InChI=1S/C9H9NO4/c1-6(5-11)7-2-3-9(12)8(4-7)10(13)14/h2-6,12H,1H3. The van der Waals surface area contributed by atoms with E-state index in [9.17, 15) is 14.9 Å². The fraction of sp³-hybridized carbons (Fsp3) is 0.222. The summed E-state index contributed by atoms with van der Waals surface area (Å²) in [5.41, 5.74) is 0.140. The molecule has 0 bridgehead atoms. The Morgan fingerprint density at radius 3 is 2.71 bits per heavy atom. The summed E-state index contributed by atoms with van der Waals surface area (Å²) in [6.45, 7) is 1.63. The molecule has 0 heterocycles. The smallest absolute Gasteiger partial charge is 0.310 e. The van der Waals surface area contributed by atoms with E-state index < -0.39 is 16.6 Å². The lowest BCUT2D eigenvalue weighted by molar-refractivity contribution is -0.385. The van der Waals surface area contributed by atoms with Crippen LogP contribution in [0.25, 0.3) is 0 Å². The normalized spacial score (nSPS) is 12.1. The number of nitro groups is 1. The lowest BCUT2D eigenvalue weighted by Gasteiger charge is -2.03. The number of nitrogens with zero attached hydrogens (tertiary/aromatic N) is 1. The Bertz CT molecular complexity index is 375. The molecule has 0 radical (unpaired) electrons. The number of benzene rings is 1. The van der Waals surface area contributed by atoms with Gasteiger partial charge in [-0.05, 0) is 11.6 Å². The molecule has 0 spiro atoms. The summed E-state index contributed by atoms with van der Waals surface area (Å²) in [5.74, 6) is -0.800. The van der Waals surface area contributed by atoms with Gasteiger partial charge in [-0.15, -0.1) is 0 Å². The number of carbonyl (C=O) groups is 1. The van der Waals surface area contributed by atoms with Crippen molar-refractivity contribution >= 4 is 12.0 Å². The summed E-state index contributed by atoms with van der Waals surface area (Å²) >= 11 is 0. The van der Waals surface area contributed by atoms with Crippen molar-refractivity contribution in [1.82, 2.24) is 0 Å². The van der Waals surface area contributed by atoms with Gasteiger partial charge in [-0.3, -0.25) is 10.1 Å². The third kappa shape index (κ3) is 1.87. The van der Waals surface area contributed by atoms with E-state index in [1.54, 1.807) is 6.92 Å². The van der Waals surface area contributed by atoms with Crippen molar-refractivity contribution in [3.05, 3.63) is 33.9 Å². The van der Waals surface area contributed by atoms with Gasteiger partial charge in [-0.1, -0.05) is 13.0 Å². The second kappa shape index (κ2) is 3.87. The Morgan fingerprint density at radius 1 is 1.57 bits per heavy atom. The molecule has 0 amide bonds. The molecule has 74 valence electrons. The van der Waals surface area contributed by atoms with Gasteiger partial charge in [0.2, 0.25) is 0 Å². The molecule has 5 nitrogen and oxygen atoms in total. The van der Waals surface area contributed by atoms with E-state index >= 15 is 0 Å². The van der Waals surface area contributed by atoms with E-state index in [-0.39, 0.29) is 5.69 Å². The van der Waals surface area contributed by atoms with Crippen LogP contribution >= 0.6 is 0 Å². The largest absolute Gasteiger partial charge is 0.502 e. The summed E-state index contributed by atoms with van der Waals surface area (Å²) in [4.78, 5) is 20.2. The van der Waals surface area contributed by atoms with E-state index in [4.69, 9.17) is 5.11 Å². The van der Waals surface area contributed by atoms with Crippen LogP contribution in [0.1, 0.15) is 18.4 Å². The highest BCUT2D eigenvalue weighted by atomic mass is 16.6. The zero-order valence-electron chi connectivity index (χ0n) is 7.51. The van der Waals surface area contributed by atoms with Crippen molar-refractivity contribution in [2.75, 3.05) is 0 Å². The molecule has 1 aromatic rings. The average molecular weight is 195 g/mol. The molecule has 1 rings (SSSR count). The van der Waals surface area contributed by atoms with E-state index in [0.29, 0.717) is 11.8 Å². The van der Waals surface area contributed by atoms with Gasteiger partial charge in [-0.25, -0.2) is 0 Å². The highest BCUT2D eigenvalue weighted by Crippen LogP contribution is 2.28. The molecule has 1 aromatic carbocycles. The van der Waals surface area contributed by atoms with Crippen LogP contribution in [-0.4, -0.2) is 16.3 Å². The first-order valence-corrected chi connectivity index (χ1v) is 3.99. The first-order valence-electron chi connectivity index (χ1n) is 3.99. The number of rotatable bonds is 3. The lowest BCUT2D eigenvalue weighted by Crippen LogP contribution is -1.96. The Hall–Kier alpha value is -1.91. The molecule has 1 unspecified atom stereocenters. The summed E-state index contributed by atoms with van der Waals surface area (Å²) in [6.07, 6.45) is 0.691. The summed E-state index contributed by atoms with van der Waals surface area (Å²) in [5, 5.41) is 19.6. The first kappa shape index (κ1) is 10.2. The quantitative estimate of drug-likeness (QED) is 0.451. The second-order valence-corrected chi connectivity index (χ2v) is 2.93. The minimum atomic E-state index is -0.684. The van der Waals surface area contributed by atoms with Crippen molar-refractivity contribution in [3.63, 3.8) is 0 Å². The second-order valence-electron chi connectivity index (χ2n) is 2.93. The van der Waals surface area contributed by atoms with Crippen LogP contribution < -0.4 is 0 Å². The Labute approximate surface area is 80.1 Å². The number of hydrogen-bond donors (Lipinski definition) is 1. The van der Waals surface area contributed by atoms with E-state index in [2.05, 4.69) is 0 Å². The number of aromatic hydroxyl groups is 1. The topological polar surface area (TPSA) is 80.4 Å². The van der Waals surface area contributed by atoms with E-state index in [1.165, 1.54) is 18.2 Å². The summed E-state index contributed by atoms with van der Waals surface area (Å²) in [7, 11) is 0. The maximum atomic E-state index is 10.4. The van der Waals surface area contributed by atoms with Gasteiger partial charge in [0, 0.05) is 12.0 Å². The van der Waals surface area contributed by atoms with Gasteiger partial charge in [0.25, 0.3) is 0 Å². The molecule has 0 aliphatic carbocycles. The van der Waals surface area contributed by atoms with Gasteiger partial charge in [0.1, 0.15) is 6.29 Å². The molecule has 0 aromatic heterocycles. The molecule has 5 heteroatoms. The molecule has 0 saturated carbocycles. The van der Waals surface area contributed by atoms with Crippen LogP contribution in [-0.2, 0) is 4.79 Å². The maximum Gasteiger partial charge on any atom is 0.310 e. The fourth-order valence-corrected chi connectivity index (χ4v) is 1.05. The van der Waals surface area contributed by atoms with Gasteiger partial charge in [0.05, 0.1) is 4.92 Å². The van der Waals surface area contributed by atoms with Crippen LogP contribution in [0.2, 0.25) is 0 Å². The molecule has 0 saturated heterocycles. The van der Waals surface area contributed by atoms with E-state index in [0.717, 1.165) is 0 Å². The number of hydrogen-bond acceptors (Lipinski definition) is 4. The average Bonchev–Trinajstić information content (AvgIpc) is 2.17. The minimum absolute atomic E-state index is 0.379. The van der Waals surface area contributed by atoms with Crippen LogP contribution in [0.5, 0.6) is 5.75 Å². The highest BCUT2D eigenvalue weighted by molar-refractivity contribution is 5.63. The van der Waals surface area contributed by atoms with Gasteiger partial charge in [-0.2, -0.15) is 0 Å². The Kier molecular flexibility index (Phi) is 2.81. The van der Waals surface area contributed by atoms with Crippen molar-refractivity contribution in [3.8, 4) is 5.75 Å². The summed E-state index contributed by atoms with van der Waals surface area (Å²) in [6, 6.07) is 3.91. The molecule has 1 N–H and O–H groups in total. The third-order valence-corrected chi connectivity index (χ3v) is 1.93. The number of carbonyl (C=O) groups excluding carboxylic acids is 1. The molecule has 1 atom stereocenters. The van der Waals surface area contributed by atoms with Crippen LogP contribution in [0, 0.1) is 10.1 Å². The van der Waals surface area contributed by atoms with Gasteiger partial charge < -0.3 is 9.90 Å². The molecular formula is C9H9NO4. The van der Waals surface area contributed by atoms with Crippen LogP contribution in [0.3, 0.4) is 0 Å². The van der Waals surface area contributed by atoms with Crippen molar-refractivity contribution < 1.29 is 14.8 Å². The first-order chi connectivity index (χ1) is 6.56. The third-order valence-electron chi connectivity index (χ3n) is 1.93. The Balaban J connectivity index is 3.19. The number of phenols is 1. The van der Waals surface area contributed by atoms with Crippen LogP contribution in [0.15, 0.2) is 18.2 Å². The molecule has 14 heavy (non-hydrogen) atoms. The monoisotopic (exact) mass is 195 g/mol. The van der Waals surface area contributed by atoms with Crippen molar-refractivity contribution in [1.29, 1.82) is 0 Å². The number of nitro benzene ring substituents is 1. The lowest BCUT2D eigenvalue weighted by atomic mass is 10.0. The van der Waals surface area contributed by atoms with Crippen molar-refractivity contribution in [2.24, 2.45) is 0 Å². The highest BCUT2D eigenvalue weighted by Gasteiger charge is 2.15. The predicted molar refractivity (Wildman–Crippen MR) is 49.2 cm³/mol. The molecule has 0 fully saturated rings. The summed E-state index contributed by atoms with van der Waals surface area (Å²) < 4.78 is 0. The van der Waals surface area contributed by atoms with Crippen molar-refractivity contribution in [2.45, 2.75) is 12.8 Å². The minimum Gasteiger partial charge on any atom is -0.502 e. The molecule has 0 aliphatic rings. The van der Waals surface area contributed by atoms with Gasteiger partial charge >= 0.3 is 5.69 Å². The van der Waals surface area contributed by atoms with Gasteiger partial charge in [0.15, 0.2) is 5.75 Å². The maximum absolute atomic E-state index is 10.4. The van der Waals surface area contributed by atoms with Crippen LogP contribution in [0.4, 0.5) is 5.69 Å². The number of aldehydes is 1. The molecular weight excluding hydrogens is 186 g/mol. The van der Waals surface area contributed by atoms with E-state index in [1.807, 2.05) is 0 Å². The fourth-order valence-electron chi connectivity index (χ4n) is 1.05.